The van der Waals surface area contributed by atoms with E-state index >= 15 is 0 Å². The summed E-state index contributed by atoms with van der Waals surface area (Å²) in [6.07, 6.45) is -0.610. The molecule has 0 saturated heterocycles. The topological polar surface area (TPSA) is 64.6 Å². The van der Waals surface area contributed by atoms with E-state index in [1.807, 2.05) is 36.4 Å². The van der Waals surface area contributed by atoms with Crippen LogP contribution in [0.25, 0.3) is 0 Å². The molecule has 2 aromatic carbocycles. The van der Waals surface area contributed by atoms with Crippen LogP contribution in [-0.2, 0) is 14.0 Å². The fourth-order valence-electron chi connectivity index (χ4n) is 3.53. The number of hydrogen-bond donors (Lipinski definition) is 1. The van der Waals surface area contributed by atoms with Crippen LogP contribution in [0.2, 0.25) is 5.04 Å². The van der Waals surface area contributed by atoms with Crippen LogP contribution < -0.4 is 15.7 Å². The summed E-state index contributed by atoms with van der Waals surface area (Å²) in [5, 5.41) is 4.56. The van der Waals surface area contributed by atoms with E-state index < -0.39 is 26.1 Å². The zero-order chi connectivity index (χ0) is 22.4. The summed E-state index contributed by atoms with van der Waals surface area (Å²) in [7, 11) is -2.88. The highest BCUT2D eigenvalue weighted by Crippen LogP contribution is 2.37. The predicted octanol–water partition coefficient (Wildman–Crippen LogP) is 3.66. The quantitative estimate of drug-likeness (QED) is 0.541. The number of carbonyl (C=O) groups is 2. The van der Waals surface area contributed by atoms with Gasteiger partial charge in [-0.05, 0) is 36.2 Å². The molecule has 1 atom stereocenters. The first kappa shape index (κ1) is 23.8. The second kappa shape index (κ2) is 9.58. The maximum Gasteiger partial charge on any atom is 0.407 e. The molecule has 0 bridgehead atoms. The molecule has 0 aliphatic rings. The van der Waals surface area contributed by atoms with Crippen LogP contribution in [0.15, 0.2) is 60.7 Å². The predicted molar refractivity (Wildman–Crippen MR) is 123 cm³/mol. The Morgan fingerprint density at radius 3 is 1.77 bits per heavy atom. The number of hydrogen-bond acceptors (Lipinski definition) is 4. The van der Waals surface area contributed by atoms with Gasteiger partial charge in [0.2, 0.25) is 0 Å². The van der Waals surface area contributed by atoms with E-state index in [0.29, 0.717) is 0 Å². The summed E-state index contributed by atoms with van der Waals surface area (Å²) in [4.78, 5) is 24.1. The monoisotopic (exact) mass is 427 g/mol. The van der Waals surface area contributed by atoms with Gasteiger partial charge in [-0.25, -0.2) is 4.79 Å². The highest BCUT2D eigenvalue weighted by molar-refractivity contribution is 6.99. The number of amides is 1. The zero-order valence-electron chi connectivity index (χ0n) is 18.8. The molecule has 5 nitrogen and oxygen atoms in total. The molecule has 0 aliphatic carbocycles. The van der Waals surface area contributed by atoms with Gasteiger partial charge < -0.3 is 19.3 Å². The van der Waals surface area contributed by atoms with Crippen molar-refractivity contribution in [3.05, 3.63) is 60.7 Å². The van der Waals surface area contributed by atoms with Gasteiger partial charge in [0.1, 0.15) is 18.0 Å². The lowest BCUT2D eigenvalue weighted by Crippen LogP contribution is -2.68. The normalized spacial score (nSPS) is 13.4. The number of rotatable bonds is 7. The molecule has 2 rings (SSSR count). The second-order valence-corrected chi connectivity index (χ2v) is 13.6. The Morgan fingerprint density at radius 2 is 1.40 bits per heavy atom. The lowest BCUT2D eigenvalue weighted by molar-refractivity contribution is -0.113. The van der Waals surface area contributed by atoms with Gasteiger partial charge in [0.05, 0.1) is 6.54 Å². The third-order valence-electron chi connectivity index (χ3n) is 4.74. The minimum absolute atomic E-state index is 0.0446. The first-order chi connectivity index (χ1) is 14.0. The van der Waals surface area contributed by atoms with Crippen LogP contribution in [0.4, 0.5) is 4.79 Å². The highest BCUT2D eigenvalue weighted by Gasteiger charge is 2.51. The smallest absolute Gasteiger partial charge is 0.407 e. The van der Waals surface area contributed by atoms with Gasteiger partial charge in [0.25, 0.3) is 8.32 Å². The van der Waals surface area contributed by atoms with Gasteiger partial charge in [0.15, 0.2) is 0 Å². The number of nitrogens with one attached hydrogen (secondary N) is 1. The molecule has 162 valence electrons. The van der Waals surface area contributed by atoms with Crippen LogP contribution in [0.3, 0.4) is 0 Å². The van der Waals surface area contributed by atoms with E-state index in [-0.39, 0.29) is 11.6 Å². The molecule has 1 amide bonds. The van der Waals surface area contributed by atoms with E-state index in [1.165, 1.54) is 0 Å². The maximum absolute atomic E-state index is 12.1. The van der Waals surface area contributed by atoms with E-state index in [4.69, 9.17) is 9.16 Å². The summed E-state index contributed by atoms with van der Waals surface area (Å²) in [6.45, 7) is 11.9. The van der Waals surface area contributed by atoms with E-state index in [1.54, 1.807) is 20.8 Å². The number of ether oxygens (including phenoxy) is 1. The number of benzene rings is 2. The molecule has 0 radical (unpaired) electrons. The van der Waals surface area contributed by atoms with Crippen molar-refractivity contribution in [2.75, 3.05) is 6.54 Å². The van der Waals surface area contributed by atoms with Gasteiger partial charge in [-0.1, -0.05) is 81.4 Å². The zero-order valence-corrected chi connectivity index (χ0v) is 19.8. The molecule has 2 aromatic rings. The standard InChI is InChI=1S/C24H33NO4Si/c1-23(2,3)28-22(27)25-17-19(18-26)29-30(24(4,5)6,20-13-9-7-10-14-20)21-15-11-8-12-16-21/h7-16,18-19H,17H2,1-6H3,(H,25,27)/t19-/m0/s1. The second-order valence-electron chi connectivity index (χ2n) is 9.34. The van der Waals surface area contributed by atoms with Crippen LogP contribution >= 0.6 is 0 Å². The van der Waals surface area contributed by atoms with Crippen molar-refractivity contribution >= 4 is 31.1 Å². The van der Waals surface area contributed by atoms with Crippen LogP contribution in [0, 0.1) is 0 Å². The molecule has 30 heavy (non-hydrogen) atoms. The summed E-state index contributed by atoms with van der Waals surface area (Å²) >= 11 is 0. The van der Waals surface area contributed by atoms with E-state index in [0.717, 1.165) is 16.7 Å². The third-order valence-corrected chi connectivity index (χ3v) is 9.80. The fraction of sp³-hybridized carbons (Fsp3) is 0.417. The molecule has 0 aliphatic heterocycles. The summed E-state index contributed by atoms with van der Waals surface area (Å²) in [6, 6.07) is 20.2. The lowest BCUT2D eigenvalue weighted by atomic mass is 10.2. The van der Waals surface area contributed by atoms with E-state index in [9.17, 15) is 9.59 Å². The molecule has 0 heterocycles. The van der Waals surface area contributed by atoms with Crippen molar-refractivity contribution in [3.8, 4) is 0 Å². The van der Waals surface area contributed by atoms with Gasteiger partial charge in [-0.2, -0.15) is 0 Å². The van der Waals surface area contributed by atoms with Crippen molar-refractivity contribution in [2.24, 2.45) is 0 Å². The molecular weight excluding hydrogens is 394 g/mol. The molecular formula is C24H33NO4Si. The molecule has 0 aromatic heterocycles. The van der Waals surface area contributed by atoms with Crippen LogP contribution in [0.1, 0.15) is 41.5 Å². The Kier molecular flexibility index (Phi) is 7.61. The van der Waals surface area contributed by atoms with Gasteiger partial charge in [0, 0.05) is 0 Å². The summed E-state index contributed by atoms with van der Waals surface area (Å²) in [5.74, 6) is 0. The Morgan fingerprint density at radius 1 is 0.933 bits per heavy atom. The fourth-order valence-corrected chi connectivity index (χ4v) is 8.14. The number of alkyl carbamates (subject to hydrolysis) is 1. The Labute approximate surface area is 180 Å². The Balaban J connectivity index is 2.42. The molecule has 0 unspecified atom stereocenters. The van der Waals surface area contributed by atoms with Crippen molar-refractivity contribution in [1.29, 1.82) is 0 Å². The SMILES string of the molecule is CC(C)(C)OC(=O)NC[C@@H](C=O)O[Si](c1ccccc1)(c1ccccc1)C(C)(C)C. The van der Waals surface area contributed by atoms with Gasteiger partial charge >= 0.3 is 6.09 Å². The number of aldehydes is 1. The van der Waals surface area contributed by atoms with Gasteiger partial charge in [-0.3, -0.25) is 0 Å². The summed E-state index contributed by atoms with van der Waals surface area (Å²) in [5.41, 5.74) is -0.611. The minimum atomic E-state index is -2.88. The molecule has 1 N–H and O–H groups in total. The highest BCUT2D eigenvalue weighted by atomic mass is 28.4. The number of carbonyl (C=O) groups excluding carboxylic acids is 2. The van der Waals surface area contributed by atoms with Crippen molar-refractivity contribution < 1.29 is 18.8 Å². The maximum atomic E-state index is 12.1. The molecule has 6 heteroatoms. The Hall–Kier alpha value is -2.44. The largest absolute Gasteiger partial charge is 0.444 e. The molecule has 0 spiro atoms. The molecule has 0 fully saturated rings. The van der Waals surface area contributed by atoms with Crippen molar-refractivity contribution in [2.45, 2.75) is 58.3 Å². The third kappa shape index (κ3) is 5.80. The first-order valence-corrected chi connectivity index (χ1v) is 12.1. The first-order valence-electron chi connectivity index (χ1n) is 10.2. The van der Waals surface area contributed by atoms with Crippen LogP contribution in [0.5, 0.6) is 0 Å². The van der Waals surface area contributed by atoms with Crippen molar-refractivity contribution in [1.82, 2.24) is 5.32 Å². The average Bonchev–Trinajstić information content (AvgIpc) is 2.67. The van der Waals surface area contributed by atoms with E-state index in [2.05, 4.69) is 50.4 Å². The average molecular weight is 428 g/mol. The Bertz CT molecular complexity index is 786. The minimum Gasteiger partial charge on any atom is -0.444 e. The molecule has 0 saturated carbocycles. The van der Waals surface area contributed by atoms with Crippen molar-refractivity contribution in [3.63, 3.8) is 0 Å². The lowest BCUT2D eigenvalue weighted by Gasteiger charge is -2.44. The van der Waals surface area contributed by atoms with Crippen LogP contribution in [-0.4, -0.2) is 38.9 Å². The van der Waals surface area contributed by atoms with Gasteiger partial charge in [-0.15, -0.1) is 0 Å². The summed E-state index contributed by atoms with van der Waals surface area (Å²) < 4.78 is 12.0.